The van der Waals surface area contributed by atoms with E-state index in [0.29, 0.717) is 39.3 Å². The van der Waals surface area contributed by atoms with Gasteiger partial charge in [-0.05, 0) is 36.5 Å². The van der Waals surface area contributed by atoms with E-state index in [1.54, 1.807) is 12.0 Å². The molecule has 0 spiro atoms. The molecule has 0 aromatic heterocycles. The number of carboxylic acids is 1. The Morgan fingerprint density at radius 1 is 1.38 bits per heavy atom. The highest BCUT2D eigenvalue weighted by molar-refractivity contribution is 5.80. The van der Waals surface area contributed by atoms with Crippen molar-refractivity contribution >= 4 is 12.0 Å². The van der Waals surface area contributed by atoms with Crippen LogP contribution in [0.1, 0.15) is 24.8 Å². The first-order valence-corrected chi connectivity index (χ1v) is 9.02. The number of likely N-dealkylation sites (tertiary alicyclic amines) is 1. The number of methoxy groups -OCH3 is 1. The third-order valence-electron chi connectivity index (χ3n) is 5.48. The third kappa shape index (κ3) is 3.77. The van der Waals surface area contributed by atoms with E-state index in [2.05, 4.69) is 5.32 Å². The van der Waals surface area contributed by atoms with Crippen LogP contribution in [0.4, 0.5) is 4.79 Å². The summed E-state index contributed by atoms with van der Waals surface area (Å²) in [5, 5.41) is 12.5. The van der Waals surface area contributed by atoms with E-state index in [0.717, 1.165) is 24.2 Å². The van der Waals surface area contributed by atoms with Crippen molar-refractivity contribution in [3.05, 3.63) is 29.8 Å². The van der Waals surface area contributed by atoms with Crippen molar-refractivity contribution in [1.82, 2.24) is 10.2 Å². The summed E-state index contributed by atoms with van der Waals surface area (Å²) in [6.45, 7) is 2.19. The molecular formula is C19H26N2O5. The van der Waals surface area contributed by atoms with E-state index in [-0.39, 0.29) is 11.9 Å². The van der Waals surface area contributed by atoms with Crippen LogP contribution in [-0.2, 0) is 16.1 Å². The molecule has 2 fully saturated rings. The third-order valence-corrected chi connectivity index (χ3v) is 5.48. The van der Waals surface area contributed by atoms with Gasteiger partial charge in [-0.15, -0.1) is 0 Å². The lowest BCUT2D eigenvalue weighted by molar-refractivity contribution is -0.149. The first kappa shape index (κ1) is 18.5. The van der Waals surface area contributed by atoms with Crippen LogP contribution in [0.3, 0.4) is 0 Å². The van der Waals surface area contributed by atoms with Crippen molar-refractivity contribution in [2.45, 2.75) is 25.8 Å². The molecule has 1 aromatic rings. The van der Waals surface area contributed by atoms with Gasteiger partial charge >= 0.3 is 12.0 Å². The Kier molecular flexibility index (Phi) is 5.66. The van der Waals surface area contributed by atoms with Gasteiger partial charge in [-0.25, -0.2) is 4.79 Å². The number of rotatable bonds is 7. The maximum absolute atomic E-state index is 12.5. The molecule has 1 saturated carbocycles. The molecule has 1 aromatic carbocycles. The summed E-state index contributed by atoms with van der Waals surface area (Å²) in [6.07, 6.45) is 2.48. The summed E-state index contributed by atoms with van der Waals surface area (Å²) in [5.74, 6) is 0.0359. The molecule has 3 rings (SSSR count). The molecule has 1 heterocycles. The average Bonchev–Trinajstić information content (AvgIpc) is 3.19. The molecular weight excluding hydrogens is 336 g/mol. The lowest BCUT2D eigenvalue weighted by Crippen LogP contribution is -2.41. The number of carboxylic acid groups (broad SMARTS) is 1. The Bertz CT molecular complexity index is 665. The van der Waals surface area contributed by atoms with Crippen LogP contribution in [-0.4, -0.2) is 55.4 Å². The smallest absolute Gasteiger partial charge is 0.317 e. The number of hydrogen-bond acceptors (Lipinski definition) is 4. The van der Waals surface area contributed by atoms with Crippen molar-refractivity contribution in [2.24, 2.45) is 11.3 Å². The first-order valence-electron chi connectivity index (χ1n) is 9.02. The normalized spacial score (nSPS) is 24.3. The molecule has 2 N–H and O–H groups in total. The fourth-order valence-corrected chi connectivity index (χ4v) is 4.07. The van der Waals surface area contributed by atoms with Crippen molar-refractivity contribution in [3.8, 4) is 5.75 Å². The second kappa shape index (κ2) is 7.95. The van der Waals surface area contributed by atoms with Gasteiger partial charge in [0, 0.05) is 26.7 Å². The summed E-state index contributed by atoms with van der Waals surface area (Å²) in [5.41, 5.74) is 0.188. The van der Waals surface area contributed by atoms with Crippen LogP contribution in [0.25, 0.3) is 0 Å². The molecule has 7 nitrogen and oxygen atoms in total. The molecule has 1 aliphatic heterocycles. The largest absolute Gasteiger partial charge is 0.491 e. The molecule has 2 aliphatic rings. The SMILES string of the molecule is COCCOc1cccc(CNC(=O)N2C[C@@H]3CCC[C@@]3(C(=O)O)C2)c1. The number of amides is 2. The zero-order valence-corrected chi connectivity index (χ0v) is 15.1. The minimum Gasteiger partial charge on any atom is -0.491 e. The van der Waals surface area contributed by atoms with Gasteiger partial charge in [-0.2, -0.15) is 0 Å². The molecule has 7 heteroatoms. The fraction of sp³-hybridized carbons (Fsp3) is 0.579. The van der Waals surface area contributed by atoms with Crippen LogP contribution >= 0.6 is 0 Å². The van der Waals surface area contributed by atoms with E-state index in [1.807, 2.05) is 24.3 Å². The van der Waals surface area contributed by atoms with Crippen LogP contribution in [0, 0.1) is 11.3 Å². The van der Waals surface area contributed by atoms with Gasteiger partial charge in [-0.1, -0.05) is 18.6 Å². The van der Waals surface area contributed by atoms with Crippen molar-refractivity contribution < 1.29 is 24.2 Å². The average molecular weight is 362 g/mol. The molecule has 1 saturated heterocycles. The van der Waals surface area contributed by atoms with Gasteiger partial charge in [0.25, 0.3) is 0 Å². The second-order valence-corrected chi connectivity index (χ2v) is 7.08. The van der Waals surface area contributed by atoms with Gasteiger partial charge in [0.2, 0.25) is 0 Å². The van der Waals surface area contributed by atoms with E-state index in [1.165, 1.54) is 0 Å². The standard InChI is InChI=1S/C19H26N2O5/c1-25-8-9-26-16-6-2-4-14(10-16)11-20-18(24)21-12-15-5-3-7-19(15,13-21)17(22)23/h2,4,6,10,15H,3,5,7-9,11-13H2,1H3,(H,20,24)(H,22,23)/t15-,19+/m0/s1. The number of hydrogen-bond donors (Lipinski definition) is 2. The monoisotopic (exact) mass is 362 g/mol. The van der Waals surface area contributed by atoms with Crippen LogP contribution in [0.2, 0.25) is 0 Å². The highest BCUT2D eigenvalue weighted by Gasteiger charge is 2.55. The number of aliphatic carboxylic acids is 1. The van der Waals surface area contributed by atoms with Crippen LogP contribution < -0.4 is 10.1 Å². The van der Waals surface area contributed by atoms with Gasteiger partial charge in [0.1, 0.15) is 12.4 Å². The zero-order valence-electron chi connectivity index (χ0n) is 15.1. The summed E-state index contributed by atoms with van der Waals surface area (Å²) in [7, 11) is 1.62. The van der Waals surface area contributed by atoms with E-state index < -0.39 is 11.4 Å². The fourth-order valence-electron chi connectivity index (χ4n) is 4.07. The predicted octanol–water partition coefficient (Wildman–Crippen LogP) is 2.11. The van der Waals surface area contributed by atoms with E-state index in [4.69, 9.17) is 9.47 Å². The Morgan fingerprint density at radius 3 is 2.96 bits per heavy atom. The topological polar surface area (TPSA) is 88.1 Å². The van der Waals surface area contributed by atoms with Crippen molar-refractivity contribution in [1.29, 1.82) is 0 Å². The molecule has 2 atom stereocenters. The van der Waals surface area contributed by atoms with Gasteiger partial charge < -0.3 is 24.8 Å². The Hall–Kier alpha value is -2.28. The Labute approximate surface area is 153 Å². The highest BCUT2D eigenvalue weighted by Crippen LogP contribution is 2.48. The van der Waals surface area contributed by atoms with Gasteiger partial charge in [-0.3, -0.25) is 4.79 Å². The number of fused-ring (bicyclic) bond motifs is 1. The Balaban J connectivity index is 1.53. The lowest BCUT2D eigenvalue weighted by Gasteiger charge is -2.23. The maximum Gasteiger partial charge on any atom is 0.317 e. The summed E-state index contributed by atoms with van der Waals surface area (Å²) >= 11 is 0. The van der Waals surface area contributed by atoms with Crippen LogP contribution in [0.5, 0.6) is 5.75 Å². The van der Waals surface area contributed by atoms with Crippen LogP contribution in [0.15, 0.2) is 24.3 Å². The number of nitrogens with one attached hydrogen (secondary N) is 1. The summed E-state index contributed by atoms with van der Waals surface area (Å²) < 4.78 is 10.5. The minimum atomic E-state index is -0.767. The summed E-state index contributed by atoms with van der Waals surface area (Å²) in [4.78, 5) is 25.9. The quantitative estimate of drug-likeness (QED) is 0.726. The Morgan fingerprint density at radius 2 is 2.23 bits per heavy atom. The maximum atomic E-state index is 12.5. The van der Waals surface area contributed by atoms with Gasteiger partial charge in [0.05, 0.1) is 12.0 Å². The molecule has 26 heavy (non-hydrogen) atoms. The highest BCUT2D eigenvalue weighted by atomic mass is 16.5. The number of ether oxygens (including phenoxy) is 2. The first-order chi connectivity index (χ1) is 12.5. The molecule has 0 radical (unpaired) electrons. The van der Waals surface area contributed by atoms with Crippen molar-refractivity contribution in [2.75, 3.05) is 33.4 Å². The molecule has 2 amide bonds. The van der Waals surface area contributed by atoms with Crippen molar-refractivity contribution in [3.63, 3.8) is 0 Å². The lowest BCUT2D eigenvalue weighted by atomic mass is 9.81. The number of carbonyl (C=O) groups excluding carboxylic acids is 1. The number of carbonyl (C=O) groups is 2. The minimum absolute atomic E-state index is 0.0725. The number of urea groups is 1. The number of nitrogens with zero attached hydrogens (tertiary/aromatic N) is 1. The second-order valence-electron chi connectivity index (χ2n) is 7.08. The molecule has 142 valence electrons. The predicted molar refractivity (Wildman–Crippen MR) is 95.0 cm³/mol. The molecule has 0 bridgehead atoms. The van der Waals surface area contributed by atoms with Gasteiger partial charge in [0.15, 0.2) is 0 Å². The van der Waals surface area contributed by atoms with E-state index in [9.17, 15) is 14.7 Å². The number of benzene rings is 1. The molecule has 0 unspecified atom stereocenters. The van der Waals surface area contributed by atoms with E-state index >= 15 is 0 Å². The molecule has 1 aliphatic carbocycles. The zero-order chi connectivity index (χ0) is 18.6. The summed E-state index contributed by atoms with van der Waals surface area (Å²) in [6, 6.07) is 7.34.